The van der Waals surface area contributed by atoms with E-state index < -0.39 is 0 Å². The van der Waals surface area contributed by atoms with Gasteiger partial charge in [-0.05, 0) is 37.3 Å². The molecule has 0 unspecified atom stereocenters. The van der Waals surface area contributed by atoms with Crippen LogP contribution in [-0.4, -0.2) is 51.4 Å². The Morgan fingerprint density at radius 2 is 2.00 bits per heavy atom. The van der Waals surface area contributed by atoms with E-state index in [1.54, 1.807) is 37.7 Å². The van der Waals surface area contributed by atoms with Crippen LogP contribution in [0.3, 0.4) is 0 Å². The number of hydrogen-bond acceptors (Lipinski definition) is 7. The van der Waals surface area contributed by atoms with Crippen molar-refractivity contribution in [3.8, 4) is 11.5 Å². The minimum absolute atomic E-state index is 0.219. The van der Waals surface area contributed by atoms with Crippen LogP contribution in [0.4, 0.5) is 10.8 Å². The van der Waals surface area contributed by atoms with Crippen LogP contribution in [0.2, 0.25) is 0 Å². The Hall–Kier alpha value is -3.10. The van der Waals surface area contributed by atoms with E-state index in [0.29, 0.717) is 17.1 Å². The summed E-state index contributed by atoms with van der Waals surface area (Å²) in [7, 11) is 3.14. The number of nitrogens with zero attached hydrogens (tertiary/aromatic N) is 2. The van der Waals surface area contributed by atoms with Crippen LogP contribution in [0.15, 0.2) is 36.4 Å². The summed E-state index contributed by atoms with van der Waals surface area (Å²) in [5.41, 5.74) is 2.91. The Balaban J connectivity index is 1.58. The smallest absolute Gasteiger partial charge is 0.255 e. The zero-order valence-electron chi connectivity index (χ0n) is 17.8. The molecule has 1 aliphatic rings. The number of benzene rings is 2. The molecular weight excluding hydrogens is 414 g/mol. The number of morpholine rings is 1. The lowest BCUT2D eigenvalue weighted by Crippen LogP contribution is -2.36. The summed E-state index contributed by atoms with van der Waals surface area (Å²) in [6.07, 6.45) is 3.78. The molecule has 0 aliphatic carbocycles. The second-order valence-electron chi connectivity index (χ2n) is 7.03. The van der Waals surface area contributed by atoms with Gasteiger partial charge in [0.25, 0.3) is 5.91 Å². The summed E-state index contributed by atoms with van der Waals surface area (Å²) in [5.74, 6) is 0.888. The highest BCUT2D eigenvalue weighted by molar-refractivity contribution is 7.22. The molecule has 1 N–H and O–H groups in total. The van der Waals surface area contributed by atoms with Crippen molar-refractivity contribution in [2.45, 2.75) is 6.92 Å². The number of amides is 1. The number of fused-ring (bicyclic) bond motifs is 1. The first-order valence-corrected chi connectivity index (χ1v) is 10.9. The van der Waals surface area contributed by atoms with Gasteiger partial charge in [0, 0.05) is 29.9 Å². The third kappa shape index (κ3) is 4.50. The van der Waals surface area contributed by atoms with E-state index in [0.717, 1.165) is 52.9 Å². The third-order valence-electron chi connectivity index (χ3n) is 5.03. The molecule has 0 spiro atoms. The van der Waals surface area contributed by atoms with Crippen LogP contribution in [0, 0.1) is 0 Å². The van der Waals surface area contributed by atoms with E-state index in [9.17, 15) is 4.79 Å². The molecule has 1 aromatic heterocycles. The molecule has 1 aliphatic heterocycles. The number of anilines is 2. The molecule has 1 saturated heterocycles. The minimum Gasteiger partial charge on any atom is -0.493 e. The van der Waals surface area contributed by atoms with E-state index in [4.69, 9.17) is 19.2 Å². The van der Waals surface area contributed by atoms with Crippen molar-refractivity contribution in [1.82, 2.24) is 4.98 Å². The van der Waals surface area contributed by atoms with Crippen molar-refractivity contribution in [3.63, 3.8) is 0 Å². The monoisotopic (exact) mass is 439 g/mol. The van der Waals surface area contributed by atoms with Gasteiger partial charge in [0.05, 0.1) is 37.6 Å². The number of hydrogen-bond donors (Lipinski definition) is 1. The number of rotatable bonds is 6. The van der Waals surface area contributed by atoms with Crippen molar-refractivity contribution in [2.24, 2.45) is 0 Å². The van der Waals surface area contributed by atoms with Gasteiger partial charge in [-0.15, -0.1) is 0 Å². The quantitative estimate of drug-likeness (QED) is 0.612. The zero-order chi connectivity index (χ0) is 21.8. The summed E-state index contributed by atoms with van der Waals surface area (Å²) in [6.45, 7) is 5.04. The Morgan fingerprint density at radius 3 is 2.71 bits per heavy atom. The van der Waals surface area contributed by atoms with Crippen molar-refractivity contribution in [2.75, 3.05) is 50.7 Å². The third-order valence-corrected chi connectivity index (χ3v) is 6.11. The predicted molar refractivity (Wildman–Crippen MR) is 125 cm³/mol. The van der Waals surface area contributed by atoms with Gasteiger partial charge < -0.3 is 24.4 Å². The number of allylic oxidation sites excluding steroid dienone is 1. The lowest BCUT2D eigenvalue weighted by Gasteiger charge is -2.25. The number of ether oxygens (including phenoxy) is 3. The Bertz CT molecular complexity index is 1120. The SMILES string of the molecule is CC=Cc1cc(C(=O)Nc2ccc3nc(N4CCOCC4)sc3c2)cc(OC)c1OC. The van der Waals surface area contributed by atoms with Gasteiger partial charge in [0.2, 0.25) is 0 Å². The highest BCUT2D eigenvalue weighted by Crippen LogP contribution is 2.34. The van der Waals surface area contributed by atoms with E-state index in [1.165, 1.54) is 0 Å². The second-order valence-corrected chi connectivity index (χ2v) is 8.04. The fourth-order valence-corrected chi connectivity index (χ4v) is 4.57. The molecule has 0 atom stereocenters. The van der Waals surface area contributed by atoms with Crippen molar-refractivity contribution in [1.29, 1.82) is 0 Å². The lowest BCUT2D eigenvalue weighted by molar-refractivity contribution is 0.102. The Kier molecular flexibility index (Phi) is 6.39. The number of methoxy groups -OCH3 is 2. The van der Waals surface area contributed by atoms with Crippen LogP contribution in [-0.2, 0) is 4.74 Å². The molecule has 0 saturated carbocycles. The van der Waals surface area contributed by atoms with Crippen LogP contribution < -0.4 is 19.7 Å². The topological polar surface area (TPSA) is 72.9 Å². The Morgan fingerprint density at radius 1 is 1.19 bits per heavy atom. The van der Waals surface area contributed by atoms with Crippen LogP contribution in [0.25, 0.3) is 16.3 Å². The van der Waals surface area contributed by atoms with E-state index in [1.807, 2.05) is 37.3 Å². The first-order valence-electron chi connectivity index (χ1n) is 10.1. The van der Waals surface area contributed by atoms with Crippen molar-refractivity contribution in [3.05, 3.63) is 47.5 Å². The molecule has 8 heteroatoms. The first kappa shape index (κ1) is 21.1. The molecule has 4 rings (SSSR count). The summed E-state index contributed by atoms with van der Waals surface area (Å²) < 4.78 is 17.3. The molecule has 0 radical (unpaired) electrons. The maximum atomic E-state index is 13.0. The number of nitrogens with one attached hydrogen (secondary N) is 1. The molecule has 7 nitrogen and oxygen atoms in total. The van der Waals surface area contributed by atoms with Gasteiger partial charge in [-0.3, -0.25) is 4.79 Å². The first-order chi connectivity index (χ1) is 15.1. The van der Waals surface area contributed by atoms with Gasteiger partial charge in [-0.25, -0.2) is 4.98 Å². The van der Waals surface area contributed by atoms with Crippen LogP contribution in [0.1, 0.15) is 22.8 Å². The molecular formula is C23H25N3O4S. The fourth-order valence-electron chi connectivity index (χ4n) is 3.51. The van der Waals surface area contributed by atoms with Crippen LogP contribution >= 0.6 is 11.3 Å². The zero-order valence-corrected chi connectivity index (χ0v) is 18.6. The average Bonchev–Trinajstić information content (AvgIpc) is 3.22. The molecule has 3 aromatic rings. The van der Waals surface area contributed by atoms with Crippen molar-refractivity contribution < 1.29 is 19.0 Å². The molecule has 31 heavy (non-hydrogen) atoms. The van der Waals surface area contributed by atoms with Gasteiger partial charge in [-0.2, -0.15) is 0 Å². The van der Waals surface area contributed by atoms with E-state index in [2.05, 4.69) is 10.2 Å². The number of aromatic nitrogens is 1. The highest BCUT2D eigenvalue weighted by Gasteiger charge is 2.17. The van der Waals surface area contributed by atoms with Gasteiger partial charge in [0.1, 0.15) is 0 Å². The summed E-state index contributed by atoms with van der Waals surface area (Å²) in [5, 5.41) is 3.97. The molecule has 1 fully saturated rings. The average molecular weight is 440 g/mol. The van der Waals surface area contributed by atoms with Gasteiger partial charge in [0.15, 0.2) is 16.6 Å². The molecule has 1 amide bonds. The molecule has 162 valence electrons. The molecule has 2 heterocycles. The second kappa shape index (κ2) is 9.36. The van der Waals surface area contributed by atoms with Gasteiger partial charge >= 0.3 is 0 Å². The number of carbonyl (C=O) groups excluding carboxylic acids is 1. The summed E-state index contributed by atoms with van der Waals surface area (Å²) in [6, 6.07) is 9.24. The summed E-state index contributed by atoms with van der Waals surface area (Å²) >= 11 is 1.62. The maximum absolute atomic E-state index is 13.0. The van der Waals surface area contributed by atoms with Crippen molar-refractivity contribution >= 4 is 44.4 Å². The predicted octanol–water partition coefficient (Wildman–Crippen LogP) is 4.44. The normalized spacial score (nSPS) is 14.2. The van der Waals surface area contributed by atoms with E-state index >= 15 is 0 Å². The lowest BCUT2D eigenvalue weighted by atomic mass is 10.1. The Labute approximate surface area is 185 Å². The highest BCUT2D eigenvalue weighted by atomic mass is 32.1. The minimum atomic E-state index is -0.219. The number of thiazole rings is 1. The van der Waals surface area contributed by atoms with Crippen LogP contribution in [0.5, 0.6) is 11.5 Å². The van der Waals surface area contributed by atoms with Gasteiger partial charge in [-0.1, -0.05) is 23.5 Å². The molecule has 2 aromatic carbocycles. The maximum Gasteiger partial charge on any atom is 0.255 e. The van der Waals surface area contributed by atoms with E-state index in [-0.39, 0.29) is 5.91 Å². The standard InChI is InChI=1S/C23H25N3O4S/c1-4-5-15-12-16(13-19(28-2)21(15)29-3)22(27)24-17-6-7-18-20(14-17)31-23(25-18)26-8-10-30-11-9-26/h4-7,12-14H,8-11H2,1-3H3,(H,24,27). The summed E-state index contributed by atoms with van der Waals surface area (Å²) in [4.78, 5) is 19.9. The largest absolute Gasteiger partial charge is 0.493 e. The molecule has 0 bridgehead atoms. The number of carbonyl (C=O) groups is 1. The fraction of sp³-hybridized carbons (Fsp3) is 0.304.